The molecule has 0 saturated heterocycles. The molecule has 9 heteroatoms. The summed E-state index contributed by atoms with van der Waals surface area (Å²) in [5.74, 6) is -2.15. The van der Waals surface area contributed by atoms with Gasteiger partial charge in [0, 0.05) is 12.8 Å². The van der Waals surface area contributed by atoms with Crippen LogP contribution in [0.1, 0.15) is 155 Å². The normalized spacial score (nSPS) is 13.8. The molecule has 0 aromatic carbocycles. The Labute approximate surface area is 372 Å². The van der Waals surface area contributed by atoms with Crippen molar-refractivity contribution in [3.8, 4) is 0 Å². The zero-order valence-corrected chi connectivity index (χ0v) is 39.0. The summed E-state index contributed by atoms with van der Waals surface area (Å²) in [7, 11) is 5.92. The smallest absolute Gasteiger partial charge is 0.361 e. The number of carboxylic acids is 1. The van der Waals surface area contributed by atoms with Crippen LogP contribution in [-0.4, -0.2) is 87.4 Å². The number of rotatable bonds is 41. The van der Waals surface area contributed by atoms with Crippen molar-refractivity contribution in [3.63, 3.8) is 0 Å². The molecule has 0 spiro atoms. The van der Waals surface area contributed by atoms with Gasteiger partial charge in [-0.05, 0) is 83.5 Å². The molecule has 0 aliphatic heterocycles. The van der Waals surface area contributed by atoms with Crippen LogP contribution in [0.4, 0.5) is 0 Å². The standard InChI is InChI=1S/C52H85NO8/c1-6-8-10-12-14-16-18-20-22-24-25-27-29-31-33-35-37-39-41-43-50(55)61-48(47-60-52(51(56)57)58-45-44-53(3,4)5)46-59-49(54)42-40-38-36-34-32-30-28-26-23-21-19-17-15-13-11-9-7-2/h8,10,14-17,20-23,25,27,31,33,37,39,48,52H,6-7,9,11-13,18-19,24,26,28-30,32,34-36,38,40-47H2,1-5H3/p+1/b10-8-,16-14-,17-15-,22-20-,23-21-,27-25-,33-31-,39-37-. The van der Waals surface area contributed by atoms with E-state index in [4.69, 9.17) is 18.9 Å². The molecule has 0 radical (unpaired) electrons. The number of allylic oxidation sites excluding steroid dienone is 16. The van der Waals surface area contributed by atoms with Crippen LogP contribution in [-0.2, 0) is 33.3 Å². The number of quaternary nitrogens is 1. The first kappa shape index (κ1) is 57.2. The second kappa shape index (κ2) is 42.9. The van der Waals surface area contributed by atoms with E-state index in [1.807, 2.05) is 33.3 Å². The molecule has 2 atom stereocenters. The van der Waals surface area contributed by atoms with E-state index in [2.05, 4.69) is 98.9 Å². The highest BCUT2D eigenvalue weighted by Gasteiger charge is 2.25. The Kier molecular flexibility index (Phi) is 40.2. The van der Waals surface area contributed by atoms with Gasteiger partial charge in [-0.2, -0.15) is 0 Å². The van der Waals surface area contributed by atoms with Gasteiger partial charge in [0.05, 0.1) is 34.4 Å². The molecule has 2 unspecified atom stereocenters. The molecule has 9 nitrogen and oxygen atoms in total. The summed E-state index contributed by atoms with van der Waals surface area (Å²) in [6.45, 7) is 4.61. The molecule has 0 aliphatic rings. The highest BCUT2D eigenvalue weighted by Crippen LogP contribution is 2.12. The third kappa shape index (κ3) is 44.1. The largest absolute Gasteiger partial charge is 0.477 e. The number of unbranched alkanes of at least 4 members (excludes halogenated alkanes) is 10. The zero-order chi connectivity index (χ0) is 44.9. The number of carboxylic acid groups (broad SMARTS) is 1. The molecule has 0 aromatic rings. The molecule has 0 aromatic heterocycles. The van der Waals surface area contributed by atoms with Gasteiger partial charge in [-0.25, -0.2) is 4.79 Å². The first-order valence-electron chi connectivity index (χ1n) is 23.4. The number of ether oxygens (including phenoxy) is 4. The van der Waals surface area contributed by atoms with Crippen LogP contribution in [0.2, 0.25) is 0 Å². The zero-order valence-electron chi connectivity index (χ0n) is 39.0. The maximum absolute atomic E-state index is 12.7. The number of esters is 2. The van der Waals surface area contributed by atoms with E-state index in [0.29, 0.717) is 17.4 Å². The van der Waals surface area contributed by atoms with Gasteiger partial charge in [0.1, 0.15) is 13.2 Å². The van der Waals surface area contributed by atoms with E-state index in [0.717, 1.165) is 77.0 Å². The van der Waals surface area contributed by atoms with E-state index in [1.165, 1.54) is 44.9 Å². The Bertz CT molecular complexity index is 1320. The lowest BCUT2D eigenvalue weighted by Gasteiger charge is -2.25. The molecule has 1 N–H and O–H groups in total. The third-order valence-corrected chi connectivity index (χ3v) is 9.34. The van der Waals surface area contributed by atoms with Gasteiger partial charge in [0.2, 0.25) is 0 Å². The van der Waals surface area contributed by atoms with Gasteiger partial charge in [0.15, 0.2) is 6.10 Å². The molecular formula is C52H86NO8+. The Hall–Kier alpha value is -3.79. The summed E-state index contributed by atoms with van der Waals surface area (Å²) in [6, 6.07) is 0. The van der Waals surface area contributed by atoms with Crippen LogP contribution in [0.5, 0.6) is 0 Å². The van der Waals surface area contributed by atoms with Gasteiger partial charge in [-0.3, -0.25) is 9.59 Å². The fraction of sp³-hybridized carbons (Fsp3) is 0.635. The van der Waals surface area contributed by atoms with Gasteiger partial charge < -0.3 is 28.5 Å². The van der Waals surface area contributed by atoms with Gasteiger partial charge >= 0.3 is 17.9 Å². The minimum atomic E-state index is -1.54. The average Bonchev–Trinajstić information content (AvgIpc) is 3.22. The van der Waals surface area contributed by atoms with Crippen molar-refractivity contribution in [1.82, 2.24) is 0 Å². The molecule has 346 valence electrons. The first-order chi connectivity index (χ1) is 29.6. The lowest BCUT2D eigenvalue weighted by Crippen LogP contribution is -2.40. The van der Waals surface area contributed by atoms with Crippen molar-refractivity contribution in [2.75, 3.05) is 47.5 Å². The van der Waals surface area contributed by atoms with Crippen LogP contribution < -0.4 is 0 Å². The summed E-state index contributed by atoms with van der Waals surface area (Å²) in [6.07, 6.45) is 53.4. The summed E-state index contributed by atoms with van der Waals surface area (Å²) in [5, 5.41) is 9.64. The van der Waals surface area contributed by atoms with Crippen LogP contribution in [0, 0.1) is 0 Å². The summed E-state index contributed by atoms with van der Waals surface area (Å²) >= 11 is 0. The molecule has 0 saturated carbocycles. The highest BCUT2D eigenvalue weighted by molar-refractivity contribution is 5.71. The average molecular weight is 853 g/mol. The maximum Gasteiger partial charge on any atom is 0.361 e. The number of hydrogen-bond donors (Lipinski definition) is 1. The van der Waals surface area contributed by atoms with Crippen LogP contribution in [0.15, 0.2) is 97.2 Å². The molecule has 0 heterocycles. The van der Waals surface area contributed by atoms with Gasteiger partial charge in [-0.1, -0.05) is 156 Å². The summed E-state index contributed by atoms with van der Waals surface area (Å²) < 4.78 is 22.6. The fourth-order valence-electron chi connectivity index (χ4n) is 5.71. The predicted molar refractivity (Wildman–Crippen MR) is 253 cm³/mol. The molecule has 0 amide bonds. The Morgan fingerprint density at radius 3 is 1.46 bits per heavy atom. The first-order valence-corrected chi connectivity index (χ1v) is 23.4. The van der Waals surface area contributed by atoms with E-state index >= 15 is 0 Å². The molecule has 61 heavy (non-hydrogen) atoms. The van der Waals surface area contributed by atoms with E-state index < -0.39 is 24.3 Å². The number of hydrogen-bond acceptors (Lipinski definition) is 7. The Balaban J connectivity index is 4.57. The molecular weight excluding hydrogens is 767 g/mol. The van der Waals surface area contributed by atoms with Gasteiger partial charge in [-0.15, -0.1) is 0 Å². The second-order valence-corrected chi connectivity index (χ2v) is 16.3. The summed E-state index contributed by atoms with van der Waals surface area (Å²) in [4.78, 5) is 37.1. The minimum absolute atomic E-state index is 0.128. The lowest BCUT2D eigenvalue weighted by molar-refractivity contribution is -0.870. The highest BCUT2D eigenvalue weighted by atomic mass is 16.7. The minimum Gasteiger partial charge on any atom is -0.477 e. The van der Waals surface area contributed by atoms with Crippen molar-refractivity contribution in [1.29, 1.82) is 0 Å². The number of carbonyl (C=O) groups excluding carboxylic acids is 2. The van der Waals surface area contributed by atoms with Crippen molar-refractivity contribution >= 4 is 17.9 Å². The Morgan fingerprint density at radius 1 is 0.508 bits per heavy atom. The van der Waals surface area contributed by atoms with Gasteiger partial charge in [0.25, 0.3) is 6.29 Å². The number of aliphatic carboxylic acids is 1. The van der Waals surface area contributed by atoms with Crippen molar-refractivity contribution in [3.05, 3.63) is 97.2 Å². The molecule has 0 rings (SSSR count). The number of likely N-dealkylation sites (N-methyl/N-ethyl adjacent to an activating group) is 1. The SMILES string of the molecule is CC/C=C\C/C=C\C/C=C\C/C=C\C/C=C\C/C=C\CCC(=O)OC(COC(=O)CCCCCCCCC/C=C\C/C=C\CCCCC)COC(OCC[N+](C)(C)C)C(=O)O. The van der Waals surface area contributed by atoms with Crippen LogP contribution in [0.25, 0.3) is 0 Å². The monoisotopic (exact) mass is 853 g/mol. The quantitative estimate of drug-likeness (QED) is 0.0213. The molecule has 0 bridgehead atoms. The van der Waals surface area contributed by atoms with Crippen LogP contribution in [0.3, 0.4) is 0 Å². The van der Waals surface area contributed by atoms with Crippen molar-refractivity contribution < 1.29 is 42.9 Å². The van der Waals surface area contributed by atoms with E-state index in [-0.39, 0.29) is 38.6 Å². The number of nitrogens with zero attached hydrogens (tertiary/aromatic N) is 1. The fourth-order valence-corrected chi connectivity index (χ4v) is 5.71. The maximum atomic E-state index is 12.7. The second-order valence-electron chi connectivity index (χ2n) is 16.3. The Morgan fingerprint density at radius 2 is 0.967 bits per heavy atom. The molecule has 0 fully saturated rings. The van der Waals surface area contributed by atoms with E-state index in [9.17, 15) is 19.5 Å². The molecule has 0 aliphatic carbocycles. The number of carbonyl (C=O) groups is 3. The van der Waals surface area contributed by atoms with Crippen LogP contribution >= 0.6 is 0 Å². The predicted octanol–water partition coefficient (Wildman–Crippen LogP) is 12.7. The van der Waals surface area contributed by atoms with Crippen molar-refractivity contribution in [2.45, 2.75) is 167 Å². The lowest BCUT2D eigenvalue weighted by atomic mass is 10.1. The topological polar surface area (TPSA) is 108 Å². The third-order valence-electron chi connectivity index (χ3n) is 9.34. The van der Waals surface area contributed by atoms with E-state index in [1.54, 1.807) is 0 Å². The van der Waals surface area contributed by atoms with Crippen molar-refractivity contribution in [2.24, 2.45) is 0 Å². The summed E-state index contributed by atoms with van der Waals surface area (Å²) in [5.41, 5.74) is 0.